The van der Waals surface area contributed by atoms with Crippen LogP contribution in [-0.4, -0.2) is 18.6 Å². The molecule has 0 atom stereocenters. The normalized spacial score (nSPS) is 12.5. The van der Waals surface area contributed by atoms with Crippen LogP contribution >= 0.6 is 0 Å². The average Bonchev–Trinajstić information content (AvgIpc) is 1.82. The highest BCUT2D eigenvalue weighted by molar-refractivity contribution is 6.98. The van der Waals surface area contributed by atoms with E-state index in [1.807, 2.05) is 41.5 Å². The van der Waals surface area contributed by atoms with Crippen LogP contribution in [0.5, 0.6) is 0 Å². The second-order valence-electron chi connectivity index (χ2n) is 5.52. The molecule has 0 aromatic heterocycles. The smallest absolute Gasteiger partial charge is 0.286 e. The summed E-state index contributed by atoms with van der Waals surface area (Å²) in [4.78, 5) is 23.0. The molecular weight excluding hydrogens is 163 g/mol. The molecule has 0 fully saturated rings. The van der Waals surface area contributed by atoms with E-state index in [4.69, 9.17) is 0 Å². The summed E-state index contributed by atoms with van der Waals surface area (Å²) < 4.78 is 0. The molecule has 0 radical (unpaired) electrons. The van der Waals surface area contributed by atoms with Crippen LogP contribution in [0, 0.1) is 10.8 Å². The molecule has 0 bridgehead atoms. The van der Waals surface area contributed by atoms with Gasteiger partial charge in [-0.1, -0.05) is 41.5 Å². The lowest BCUT2D eigenvalue weighted by atomic mass is 9.55. The summed E-state index contributed by atoms with van der Waals surface area (Å²) >= 11 is 0. The molecule has 3 heteroatoms. The van der Waals surface area contributed by atoms with Crippen molar-refractivity contribution in [1.82, 2.24) is 0 Å². The van der Waals surface area contributed by atoms with E-state index >= 15 is 0 Å². The highest BCUT2D eigenvalue weighted by atomic mass is 16.1. The number of carbonyl (C=O) groups excluding carboxylic acids is 2. The zero-order valence-corrected chi connectivity index (χ0v) is 9.52. The van der Waals surface area contributed by atoms with Crippen LogP contribution < -0.4 is 0 Å². The molecule has 0 aliphatic heterocycles. The molecule has 0 aromatic rings. The molecule has 0 spiro atoms. The molecule has 0 unspecified atom stereocenters. The van der Waals surface area contributed by atoms with Gasteiger partial charge in [0.05, 0.1) is 0 Å². The fourth-order valence-corrected chi connectivity index (χ4v) is 0.676. The maximum absolute atomic E-state index is 11.5. The maximum Gasteiger partial charge on any atom is 0.286 e. The van der Waals surface area contributed by atoms with Gasteiger partial charge in [0.2, 0.25) is 0 Å². The fraction of sp³-hybridized carbons (Fsp3) is 0.800. The molecule has 0 rings (SSSR count). The molecule has 0 N–H and O–H groups in total. The van der Waals surface area contributed by atoms with Gasteiger partial charge < -0.3 is 9.59 Å². The van der Waals surface area contributed by atoms with E-state index in [1.165, 1.54) is 0 Å². The number of carbonyl (C=O) groups is 2. The topological polar surface area (TPSA) is 34.1 Å². The molecule has 13 heavy (non-hydrogen) atoms. The highest BCUT2D eigenvalue weighted by Crippen LogP contribution is 2.18. The third-order valence-electron chi connectivity index (χ3n) is 1.99. The summed E-state index contributed by atoms with van der Waals surface area (Å²) in [6.45, 7) is 11.0. The van der Waals surface area contributed by atoms with Gasteiger partial charge in [-0.3, -0.25) is 0 Å². The van der Waals surface area contributed by atoms with Crippen LogP contribution in [0.15, 0.2) is 0 Å². The predicted octanol–water partition coefficient (Wildman–Crippen LogP) is 1.57. The van der Waals surface area contributed by atoms with Crippen molar-refractivity contribution < 1.29 is 9.59 Å². The van der Waals surface area contributed by atoms with E-state index in [0.717, 1.165) is 0 Å². The Balaban J connectivity index is 4.34. The Kier molecular flexibility index (Phi) is 3.48. The van der Waals surface area contributed by atoms with E-state index in [0.29, 0.717) is 0 Å². The van der Waals surface area contributed by atoms with Gasteiger partial charge >= 0.3 is 0 Å². The summed E-state index contributed by atoms with van der Waals surface area (Å²) in [5.41, 5.74) is -0.762. The Labute approximate surface area is 81.3 Å². The Morgan fingerprint density at radius 2 is 1.00 bits per heavy atom. The zero-order chi connectivity index (χ0) is 10.9. The van der Waals surface area contributed by atoms with E-state index < -0.39 is 10.8 Å². The minimum atomic E-state index is -0.402. The van der Waals surface area contributed by atoms with Crippen LogP contribution in [0.1, 0.15) is 41.5 Å². The first-order valence-electron chi connectivity index (χ1n) is 4.62. The fourth-order valence-electron chi connectivity index (χ4n) is 0.676. The van der Waals surface area contributed by atoms with E-state index in [9.17, 15) is 9.59 Å². The van der Waals surface area contributed by atoms with Crippen LogP contribution in [0.3, 0.4) is 0 Å². The average molecular weight is 182 g/mol. The Morgan fingerprint density at radius 3 is 1.15 bits per heavy atom. The SMILES string of the molecule is CC(C)(C)C(=O)BC(=O)C(C)(C)C. The lowest BCUT2D eigenvalue weighted by molar-refractivity contribution is -0.122. The van der Waals surface area contributed by atoms with E-state index in [2.05, 4.69) is 0 Å². The standard InChI is InChI=1S/C10H19BO2/c1-9(2,3)7(12)11-8(13)10(4,5)6/h11H,1-6H3. The summed E-state index contributed by atoms with van der Waals surface area (Å²) in [6, 6.07) is 0. The van der Waals surface area contributed by atoms with Crippen LogP contribution in [0.2, 0.25) is 0 Å². The first kappa shape index (κ1) is 12.4. The van der Waals surface area contributed by atoms with Crippen molar-refractivity contribution in [2.45, 2.75) is 41.5 Å². The Morgan fingerprint density at radius 1 is 0.769 bits per heavy atom. The van der Waals surface area contributed by atoms with Crippen molar-refractivity contribution in [2.75, 3.05) is 0 Å². The number of hydrogen-bond acceptors (Lipinski definition) is 2. The summed E-state index contributed by atoms with van der Waals surface area (Å²) in [5.74, 6) is 0. The molecule has 0 heterocycles. The van der Waals surface area contributed by atoms with Crippen molar-refractivity contribution in [3.63, 3.8) is 0 Å². The van der Waals surface area contributed by atoms with Gasteiger partial charge in [-0.25, -0.2) is 0 Å². The minimum absolute atomic E-state index is 0.0208. The molecule has 2 nitrogen and oxygen atoms in total. The van der Waals surface area contributed by atoms with Gasteiger partial charge in [0.1, 0.15) is 11.4 Å². The van der Waals surface area contributed by atoms with E-state index in [1.54, 1.807) is 0 Å². The molecule has 0 amide bonds. The van der Waals surface area contributed by atoms with Gasteiger partial charge in [-0.2, -0.15) is 0 Å². The lowest BCUT2D eigenvalue weighted by Gasteiger charge is -2.20. The highest BCUT2D eigenvalue weighted by Gasteiger charge is 2.30. The first-order chi connectivity index (χ1) is 5.55. The molecule has 0 saturated carbocycles. The van der Waals surface area contributed by atoms with Crippen LogP contribution in [0.4, 0.5) is 0 Å². The summed E-state index contributed by atoms with van der Waals surface area (Å²) in [5, 5.41) is 0. The third-order valence-corrected chi connectivity index (χ3v) is 1.99. The monoisotopic (exact) mass is 182 g/mol. The first-order valence-corrected chi connectivity index (χ1v) is 4.62. The van der Waals surface area contributed by atoms with Crippen molar-refractivity contribution in [1.29, 1.82) is 0 Å². The predicted molar refractivity (Wildman–Crippen MR) is 56.1 cm³/mol. The Bertz CT molecular complexity index is 194. The molecule has 0 aliphatic rings. The summed E-state index contributed by atoms with van der Waals surface area (Å²) in [7, 11) is 0.0625. The van der Waals surface area contributed by atoms with Gasteiger partial charge in [0, 0.05) is 10.8 Å². The van der Waals surface area contributed by atoms with Gasteiger partial charge in [-0.15, -0.1) is 0 Å². The molecule has 74 valence electrons. The van der Waals surface area contributed by atoms with Crippen molar-refractivity contribution >= 4 is 18.6 Å². The largest absolute Gasteiger partial charge is 0.310 e. The molecular formula is C10H19BO2. The quantitative estimate of drug-likeness (QED) is 0.607. The van der Waals surface area contributed by atoms with Crippen LogP contribution in [0.25, 0.3) is 0 Å². The lowest BCUT2D eigenvalue weighted by Crippen LogP contribution is -2.36. The van der Waals surface area contributed by atoms with E-state index in [-0.39, 0.29) is 18.6 Å². The summed E-state index contributed by atoms with van der Waals surface area (Å²) in [6.07, 6.45) is 0. The molecule has 0 aromatic carbocycles. The van der Waals surface area contributed by atoms with Crippen molar-refractivity contribution in [2.24, 2.45) is 10.8 Å². The second kappa shape index (κ2) is 3.65. The number of hydrogen-bond donors (Lipinski definition) is 0. The molecule has 0 saturated heterocycles. The third kappa shape index (κ3) is 4.25. The maximum atomic E-state index is 11.5. The molecule has 0 aliphatic carbocycles. The number of rotatable bonds is 2. The minimum Gasteiger partial charge on any atom is -0.310 e. The van der Waals surface area contributed by atoms with Gasteiger partial charge in [-0.05, 0) is 0 Å². The van der Waals surface area contributed by atoms with Crippen LogP contribution in [-0.2, 0) is 9.59 Å². The van der Waals surface area contributed by atoms with Crippen molar-refractivity contribution in [3.05, 3.63) is 0 Å². The van der Waals surface area contributed by atoms with Gasteiger partial charge in [0.25, 0.3) is 7.28 Å². The zero-order valence-electron chi connectivity index (χ0n) is 9.52. The second-order valence-corrected chi connectivity index (χ2v) is 5.52. The van der Waals surface area contributed by atoms with Crippen molar-refractivity contribution in [3.8, 4) is 0 Å². The Hall–Kier alpha value is -0.595. The van der Waals surface area contributed by atoms with Gasteiger partial charge in [0.15, 0.2) is 0 Å².